The monoisotopic (exact) mass is 522 g/mol. The molecule has 192 valence electrons. The molecule has 0 spiro atoms. The van der Waals surface area contributed by atoms with Gasteiger partial charge in [0.1, 0.15) is 18.5 Å². The molecular weight excluding hydrogens is 497 g/mol. The first-order valence-corrected chi connectivity index (χ1v) is 12.4. The summed E-state index contributed by atoms with van der Waals surface area (Å²) < 4.78 is 55.9. The van der Waals surface area contributed by atoms with E-state index >= 15 is 0 Å². The Balaban J connectivity index is 1.40. The Bertz CT molecular complexity index is 1100. The molecule has 3 unspecified atom stereocenters. The average Bonchev–Trinajstić information content (AvgIpc) is 3.62. The largest absolute Gasteiger partial charge is 0.491 e. The second-order valence-corrected chi connectivity index (χ2v) is 10.1. The number of carbonyl (C=O) groups is 3. The zero-order chi connectivity index (χ0) is 25.9. The van der Waals surface area contributed by atoms with Crippen molar-refractivity contribution in [1.29, 1.82) is 0 Å². The van der Waals surface area contributed by atoms with Crippen LogP contribution in [0.3, 0.4) is 0 Å². The topological polar surface area (TPSA) is 78.9 Å². The number of hydrogen-bond donors (Lipinski definition) is 0. The molecule has 0 radical (unpaired) electrons. The smallest absolute Gasteiger partial charge is 0.416 e. The Labute approximate surface area is 210 Å². The van der Waals surface area contributed by atoms with Crippen molar-refractivity contribution in [3.63, 3.8) is 0 Å². The molecule has 1 saturated heterocycles. The molecule has 1 aliphatic carbocycles. The number of Topliss-reactive ketones (excluding diaryl/α,β-unsaturated/α-hetero) is 1. The summed E-state index contributed by atoms with van der Waals surface area (Å²) in [5.41, 5.74) is 0.532. The number of alkyl halides is 3. The van der Waals surface area contributed by atoms with Crippen molar-refractivity contribution in [3.8, 4) is 5.75 Å². The number of halogens is 3. The lowest BCUT2D eigenvalue weighted by Crippen LogP contribution is -2.24. The molecule has 36 heavy (non-hydrogen) atoms. The summed E-state index contributed by atoms with van der Waals surface area (Å²) in [5.74, 6) is -0.0566. The molecule has 3 atom stereocenters. The number of hydrogen-bond acceptors (Lipinski definition) is 7. The van der Waals surface area contributed by atoms with Crippen LogP contribution in [0.15, 0.2) is 48.5 Å². The molecule has 4 rings (SSSR count). The van der Waals surface area contributed by atoms with Crippen LogP contribution >= 0.6 is 11.8 Å². The molecule has 2 aromatic carbocycles. The van der Waals surface area contributed by atoms with E-state index in [0.717, 1.165) is 42.3 Å². The predicted molar refractivity (Wildman–Crippen MR) is 125 cm³/mol. The van der Waals surface area contributed by atoms with Gasteiger partial charge in [-0.05, 0) is 61.6 Å². The maximum atomic E-state index is 13.0. The lowest BCUT2D eigenvalue weighted by Gasteiger charge is -2.23. The number of ether oxygens (including phenoxy) is 3. The van der Waals surface area contributed by atoms with Gasteiger partial charge in [0.15, 0.2) is 10.9 Å². The fraction of sp³-hybridized carbons (Fsp3) is 0.423. The predicted octanol–water partition coefficient (Wildman–Crippen LogP) is 5.29. The highest BCUT2D eigenvalue weighted by Gasteiger charge is 2.34. The SMILES string of the molecule is CC(OC(=O)C1CC1)OC(COc1ccc(CC2SC(=O)CC2=O)cc1)c1ccc(C(F)(F)F)cc1. The van der Waals surface area contributed by atoms with E-state index in [0.29, 0.717) is 17.7 Å². The van der Waals surface area contributed by atoms with Gasteiger partial charge in [-0.2, -0.15) is 13.2 Å². The molecule has 1 aliphatic heterocycles. The van der Waals surface area contributed by atoms with Gasteiger partial charge in [0.05, 0.1) is 23.2 Å². The van der Waals surface area contributed by atoms with Gasteiger partial charge in [-0.15, -0.1) is 0 Å². The molecule has 2 aromatic rings. The normalized spacial score (nSPS) is 19.7. The minimum Gasteiger partial charge on any atom is -0.491 e. The fourth-order valence-corrected chi connectivity index (χ4v) is 4.76. The third-order valence-electron chi connectivity index (χ3n) is 5.86. The van der Waals surface area contributed by atoms with E-state index in [1.807, 2.05) is 0 Å². The van der Waals surface area contributed by atoms with E-state index in [1.54, 1.807) is 31.2 Å². The van der Waals surface area contributed by atoms with Crippen LogP contribution in [0.5, 0.6) is 5.75 Å². The van der Waals surface area contributed by atoms with Crippen LogP contribution in [0.25, 0.3) is 0 Å². The third kappa shape index (κ3) is 7.10. The highest BCUT2D eigenvalue weighted by molar-refractivity contribution is 8.15. The van der Waals surface area contributed by atoms with Crippen LogP contribution in [0.2, 0.25) is 0 Å². The Hall–Kier alpha value is -2.85. The summed E-state index contributed by atoms with van der Waals surface area (Å²) in [4.78, 5) is 35.3. The van der Waals surface area contributed by atoms with Gasteiger partial charge in [0, 0.05) is 0 Å². The Morgan fingerprint density at radius 2 is 1.72 bits per heavy atom. The van der Waals surface area contributed by atoms with Crippen molar-refractivity contribution in [2.24, 2.45) is 5.92 Å². The van der Waals surface area contributed by atoms with E-state index in [1.165, 1.54) is 12.1 Å². The number of carbonyl (C=O) groups excluding carboxylic acids is 3. The van der Waals surface area contributed by atoms with Crippen molar-refractivity contribution >= 4 is 28.6 Å². The standard InChI is InChI=1S/C26H25F3O6S/c1-15(35-25(32)18-4-5-18)34-22(17-6-8-19(9-7-17)26(27,28)29)14-33-20-10-2-16(3-11-20)12-23-21(30)13-24(31)36-23/h2-3,6-11,15,18,22-23H,4-5,12-14H2,1H3. The summed E-state index contributed by atoms with van der Waals surface area (Å²) in [7, 11) is 0. The van der Waals surface area contributed by atoms with Crippen LogP contribution in [0.4, 0.5) is 13.2 Å². The minimum absolute atomic E-state index is 0.0315. The highest BCUT2D eigenvalue weighted by Crippen LogP contribution is 2.33. The van der Waals surface area contributed by atoms with E-state index in [-0.39, 0.29) is 41.1 Å². The molecular formula is C26H25F3O6S. The summed E-state index contributed by atoms with van der Waals surface area (Å²) in [6.07, 6.45) is -4.22. The zero-order valence-corrected chi connectivity index (χ0v) is 20.3. The summed E-state index contributed by atoms with van der Waals surface area (Å²) in [5, 5.41) is -0.488. The Morgan fingerprint density at radius 1 is 1.06 bits per heavy atom. The third-order valence-corrected chi connectivity index (χ3v) is 6.98. The van der Waals surface area contributed by atoms with Gasteiger partial charge in [0.25, 0.3) is 0 Å². The molecule has 10 heteroatoms. The van der Waals surface area contributed by atoms with Crippen molar-refractivity contribution in [1.82, 2.24) is 0 Å². The van der Waals surface area contributed by atoms with Crippen LogP contribution in [-0.2, 0) is 36.5 Å². The van der Waals surface area contributed by atoms with Crippen LogP contribution in [-0.4, -0.2) is 35.0 Å². The number of rotatable bonds is 10. The Kier molecular flexibility index (Phi) is 8.04. The van der Waals surface area contributed by atoms with Crippen LogP contribution in [0, 0.1) is 5.92 Å². The molecule has 6 nitrogen and oxygen atoms in total. The second-order valence-electron chi connectivity index (χ2n) is 8.80. The van der Waals surface area contributed by atoms with Gasteiger partial charge >= 0.3 is 12.1 Å². The van der Waals surface area contributed by atoms with Crippen molar-refractivity contribution < 1.29 is 41.8 Å². The molecule has 0 amide bonds. The quantitative estimate of drug-likeness (QED) is 0.239. The van der Waals surface area contributed by atoms with Crippen LogP contribution in [0.1, 0.15) is 49.0 Å². The lowest BCUT2D eigenvalue weighted by molar-refractivity contribution is -0.190. The maximum Gasteiger partial charge on any atom is 0.416 e. The molecule has 1 saturated carbocycles. The fourth-order valence-electron chi connectivity index (χ4n) is 3.72. The summed E-state index contributed by atoms with van der Waals surface area (Å²) in [6.45, 7) is 1.51. The maximum absolute atomic E-state index is 13.0. The molecule has 0 N–H and O–H groups in total. The minimum atomic E-state index is -4.46. The molecule has 1 heterocycles. The molecule has 0 bridgehead atoms. The van der Waals surface area contributed by atoms with Crippen molar-refractivity contribution in [2.75, 3.05) is 6.61 Å². The molecule has 2 aliphatic rings. The van der Waals surface area contributed by atoms with E-state index in [4.69, 9.17) is 14.2 Å². The second kappa shape index (κ2) is 11.0. The first-order chi connectivity index (χ1) is 17.1. The number of esters is 1. The van der Waals surface area contributed by atoms with Gasteiger partial charge < -0.3 is 14.2 Å². The van der Waals surface area contributed by atoms with Gasteiger partial charge in [0.2, 0.25) is 6.29 Å². The Morgan fingerprint density at radius 3 is 2.28 bits per heavy atom. The van der Waals surface area contributed by atoms with Gasteiger partial charge in [-0.25, -0.2) is 0 Å². The van der Waals surface area contributed by atoms with E-state index in [2.05, 4.69) is 0 Å². The van der Waals surface area contributed by atoms with Crippen molar-refractivity contribution in [3.05, 3.63) is 65.2 Å². The number of ketones is 1. The summed E-state index contributed by atoms with van der Waals surface area (Å²) >= 11 is 1.06. The summed E-state index contributed by atoms with van der Waals surface area (Å²) in [6, 6.07) is 11.6. The molecule has 0 aromatic heterocycles. The lowest BCUT2D eigenvalue weighted by atomic mass is 10.1. The van der Waals surface area contributed by atoms with Gasteiger partial charge in [-0.1, -0.05) is 36.0 Å². The van der Waals surface area contributed by atoms with Crippen molar-refractivity contribution in [2.45, 2.75) is 56.4 Å². The first-order valence-electron chi connectivity index (χ1n) is 11.6. The molecule has 2 fully saturated rings. The zero-order valence-electron chi connectivity index (χ0n) is 19.5. The van der Waals surface area contributed by atoms with Crippen LogP contribution < -0.4 is 4.74 Å². The van der Waals surface area contributed by atoms with Gasteiger partial charge in [-0.3, -0.25) is 14.4 Å². The first kappa shape index (κ1) is 26.2. The van der Waals surface area contributed by atoms with E-state index in [9.17, 15) is 27.6 Å². The highest BCUT2D eigenvalue weighted by atomic mass is 32.2. The number of benzene rings is 2. The average molecular weight is 523 g/mol. The number of thioether (sulfide) groups is 1. The van der Waals surface area contributed by atoms with E-state index < -0.39 is 24.1 Å².